The van der Waals surface area contributed by atoms with Crippen LogP contribution in [0.5, 0.6) is 0 Å². The van der Waals surface area contributed by atoms with Crippen molar-refractivity contribution in [3.8, 4) is 36.4 Å². The number of nitrogens with one attached hydrogen (secondary N) is 8. The molecule has 0 bridgehead atoms. The smallest absolute Gasteiger partial charge is 1.00 e. The van der Waals surface area contributed by atoms with E-state index in [1.807, 2.05) is 116 Å². The number of para-hydroxylation sites is 2. The second-order valence-electron chi connectivity index (χ2n) is 34.3. The molecule has 1 heterocycles. The molecule has 1 aliphatic rings. The minimum absolute atomic E-state index is 0. The Hall–Kier alpha value is -9.66. The molecule has 9 rings (SSSR count). The third-order valence-electron chi connectivity index (χ3n) is 17.8. The zero-order valence-corrected chi connectivity index (χ0v) is 98.2. The summed E-state index contributed by atoms with van der Waals surface area (Å²) in [7, 11) is -0.844. The number of amides is 1. The van der Waals surface area contributed by atoms with Crippen LogP contribution in [0.1, 0.15) is 151 Å². The molecule has 1 fully saturated rings. The van der Waals surface area contributed by atoms with Crippen molar-refractivity contribution in [1.29, 1.82) is 31.6 Å². The summed E-state index contributed by atoms with van der Waals surface area (Å²) in [6, 6.07) is 54.1. The number of carbonyl (C=O) groups excluding carboxylic acids is 6. The molecule has 786 valence electrons. The van der Waals surface area contributed by atoms with Crippen molar-refractivity contribution in [2.75, 3.05) is 94.6 Å². The first-order chi connectivity index (χ1) is 67.4. The monoisotopic (exact) mass is 2260 g/mol. The van der Waals surface area contributed by atoms with E-state index in [2.05, 4.69) is 59.5 Å². The summed E-state index contributed by atoms with van der Waals surface area (Å²) in [5.41, 5.74) is 1.43. The molecule has 9 N–H and O–H groups in total. The molecule has 147 heavy (non-hydrogen) atoms. The largest absolute Gasteiger partial charge is 1.00 e. The summed E-state index contributed by atoms with van der Waals surface area (Å²) in [5.74, 6) is -1.53. The molecule has 1 aliphatic heterocycles. The Morgan fingerprint density at radius 1 is 0.510 bits per heavy atom. The molecule has 8 aromatic carbocycles. The third kappa shape index (κ3) is 57.8. The van der Waals surface area contributed by atoms with Crippen LogP contribution < -0.4 is 150 Å². The fourth-order valence-electron chi connectivity index (χ4n) is 12.1. The van der Waals surface area contributed by atoms with Crippen molar-refractivity contribution in [3.63, 3.8) is 0 Å². The Kier molecular flexibility index (Phi) is 69.2. The first-order valence-electron chi connectivity index (χ1n) is 43.2. The Morgan fingerprint density at radius 2 is 0.782 bits per heavy atom. The molecule has 0 aliphatic carbocycles. The van der Waals surface area contributed by atoms with Crippen molar-refractivity contribution in [1.82, 2.24) is 24.6 Å². The van der Waals surface area contributed by atoms with E-state index in [1.165, 1.54) is 62.5 Å². The number of ether oxygens (including phenoxy) is 4. The standard InChI is InChI=1S/C22H25ClN4O6S.C21H23ClN4O6S.2C16H22ClN3O2.C12H12ClN3O.C6H6S.C2H3N.CH2O3.CH4O.ClH.2K.H/c1-22(2,3)33-21(28)12-17(25-16-10-9-15(13-24)18(23)11-16)14-26(4)34(31,32)20-8-6-5-7-19(20)27(29)30;1-21(2,3)32-20(27)11-16(25-15-9-8-14(12-23)17(22)10-15)13-24-33(30,31)19-7-5-4-6-18(19)26(28)29;2*1-16(2,3)22-15(21)8-13(10-19-4)20-12-6-5-11(9-18)14(17)7-12;1-16-7-10(5-12(16)17)15-9-3-2-8(6-14)11(13)4-9;7-6-4-2-1-3-5-6;1-2-3;2-1-4-3;1-2;;;;/h5-11,17,25H,12,14H2,1-4H3;4-10,16,24-25H,11,13H2,1-3H3;2*5-7,13,19-20H,8,10H2,1-4H3;2-4,10,15H,5,7H2,1H3;1-5,7H;1H3;1,3H;2H,1H3;1H;;;/q;;;;;;;;;;2*+1;-1/p-1/t17-;16-;2*13-;10-;;;;;;;;/m00000......../s1. The number of sulfonamides is 2. The van der Waals surface area contributed by atoms with Gasteiger partial charge < -0.3 is 77.7 Å². The van der Waals surface area contributed by atoms with Crippen LogP contribution in [0.4, 0.5) is 39.8 Å². The minimum Gasteiger partial charge on any atom is -1.00 e. The van der Waals surface area contributed by atoms with Gasteiger partial charge in [0.25, 0.3) is 17.8 Å². The number of hydrogen-bond acceptors (Lipinski definition) is 35. The van der Waals surface area contributed by atoms with Gasteiger partial charge in [0.05, 0.1) is 113 Å². The molecular weight excluding hydrogens is 2140 g/mol. The van der Waals surface area contributed by atoms with E-state index in [4.69, 9.17) is 124 Å². The number of nitro benzene ring substituents is 2. The van der Waals surface area contributed by atoms with E-state index < -0.39 is 97.5 Å². The van der Waals surface area contributed by atoms with Gasteiger partial charge in [0.15, 0.2) is 9.79 Å². The number of thiol groups is 1. The Bertz CT molecular complexity index is 6020. The van der Waals surface area contributed by atoms with Gasteiger partial charge in [-0.25, -0.2) is 21.6 Å². The van der Waals surface area contributed by atoms with E-state index in [-0.39, 0.29) is 219 Å². The van der Waals surface area contributed by atoms with Crippen molar-refractivity contribution >= 4 is 179 Å². The van der Waals surface area contributed by atoms with Crippen LogP contribution in [0.25, 0.3) is 0 Å². The number of nitro groups is 2. The summed E-state index contributed by atoms with van der Waals surface area (Å²) < 4.78 is 76.3. The van der Waals surface area contributed by atoms with Gasteiger partial charge >= 0.3 is 127 Å². The number of likely N-dealkylation sites (N-methyl/N-ethyl adjacent to an activating group) is 4. The molecule has 0 spiro atoms. The zero-order valence-electron chi connectivity index (χ0n) is 85.8. The Morgan fingerprint density at radius 3 is 1.05 bits per heavy atom. The summed E-state index contributed by atoms with van der Waals surface area (Å²) >= 11 is 34.2. The maximum Gasteiger partial charge on any atom is 1.00 e. The molecule has 1 saturated heterocycles. The third-order valence-corrected chi connectivity index (χ3v) is 23.0. The molecule has 5 atom stereocenters. The van der Waals surface area contributed by atoms with Crippen LogP contribution in [-0.2, 0) is 72.6 Å². The number of hydrogen-bond donors (Lipinski definition) is 10. The second kappa shape index (κ2) is 71.9. The number of carbonyl (C=O) groups is 6. The Labute approximate surface area is 981 Å². The number of likely N-dealkylation sites (tertiary alicyclic amines) is 1. The number of aliphatic hydroxyl groups excluding tert-OH is 1. The topological polar surface area (TPSA) is 592 Å². The van der Waals surface area contributed by atoms with Gasteiger partial charge in [-0.3, -0.25) is 49.0 Å². The number of halogens is 6. The van der Waals surface area contributed by atoms with Gasteiger partial charge in [-0.15, -0.1) is 25.0 Å². The number of benzene rings is 8. The average molecular weight is 2260 g/mol. The normalized spacial score (nSPS) is 12.3. The van der Waals surface area contributed by atoms with Crippen LogP contribution in [-0.4, -0.2) is 198 Å². The van der Waals surface area contributed by atoms with Crippen molar-refractivity contribution < 1.29 is 194 Å². The predicted octanol–water partition coefficient (Wildman–Crippen LogP) is 10.4. The van der Waals surface area contributed by atoms with E-state index in [9.17, 15) is 61.0 Å². The molecule has 0 radical (unpaired) electrons. The van der Waals surface area contributed by atoms with Crippen LogP contribution in [0.2, 0.25) is 25.1 Å². The summed E-state index contributed by atoms with van der Waals surface area (Å²) in [5, 5.41) is 113. The van der Waals surface area contributed by atoms with E-state index in [0.29, 0.717) is 69.2 Å². The molecule has 0 unspecified atom stereocenters. The molecule has 8 aromatic rings. The number of aliphatic hydroxyl groups is 1. The fourth-order valence-corrected chi connectivity index (χ4v) is 16.0. The van der Waals surface area contributed by atoms with E-state index in [0.717, 1.165) is 57.6 Å². The van der Waals surface area contributed by atoms with E-state index in [1.54, 1.807) is 126 Å². The molecule has 50 heteroatoms. The number of anilines is 5. The fraction of sp³-hybridized carbons (Fsp3) is 0.381. The number of rotatable bonds is 33. The second-order valence-corrected chi connectivity index (χ2v) is 40.6. The number of nitriles is 6. The quantitative estimate of drug-likeness (QED) is 0.00267. The molecule has 39 nitrogen and oxygen atoms in total. The summed E-state index contributed by atoms with van der Waals surface area (Å²) in [4.78, 5) is 94.1. The van der Waals surface area contributed by atoms with Crippen molar-refractivity contribution in [2.45, 2.75) is 189 Å². The van der Waals surface area contributed by atoms with Crippen LogP contribution in [0.3, 0.4) is 0 Å². The maximum absolute atomic E-state index is 13.1. The Balaban J connectivity index is -0.000000850. The maximum atomic E-state index is 13.1. The predicted molar refractivity (Wildman–Crippen MR) is 560 cm³/mol. The molecule has 0 saturated carbocycles. The van der Waals surface area contributed by atoms with Crippen LogP contribution >= 0.6 is 83.0 Å². The molecule has 0 aromatic heterocycles. The van der Waals surface area contributed by atoms with Gasteiger partial charge in [0, 0.05) is 125 Å². The number of esters is 4. The van der Waals surface area contributed by atoms with Gasteiger partial charge in [0.2, 0.25) is 26.0 Å². The van der Waals surface area contributed by atoms with Gasteiger partial charge in [-0.05, 0) is 212 Å². The minimum atomic E-state index is -4.27. The number of nitrogens with zero attached hydrogens (tertiary/aromatic N) is 10. The first-order valence-corrected chi connectivity index (χ1v) is 48.5. The average Bonchev–Trinajstić information content (AvgIpc) is 1.50. The molecular formula is C97H120Cl6K2N18O21S3. The molecule has 1 amide bonds. The van der Waals surface area contributed by atoms with Gasteiger partial charge in [-0.1, -0.05) is 100 Å². The van der Waals surface area contributed by atoms with Crippen LogP contribution in [0, 0.1) is 88.2 Å². The van der Waals surface area contributed by atoms with E-state index >= 15 is 0 Å². The zero-order chi connectivity index (χ0) is 110. The van der Waals surface area contributed by atoms with Gasteiger partial charge in [0.1, 0.15) is 52.8 Å². The summed E-state index contributed by atoms with van der Waals surface area (Å²) in [6.45, 7) is 23.9. The van der Waals surface area contributed by atoms with Gasteiger partial charge in [-0.2, -0.15) is 35.9 Å². The first kappa shape index (κ1) is 141. The van der Waals surface area contributed by atoms with Crippen LogP contribution in [0.15, 0.2) is 185 Å². The van der Waals surface area contributed by atoms with Crippen molar-refractivity contribution in [2.24, 2.45) is 0 Å². The van der Waals surface area contributed by atoms with Crippen molar-refractivity contribution in [3.05, 3.63) is 243 Å². The SMILES string of the molecule is CC#N.CC(C)(C)OC(=O)C[C@@H](CNS(=O)(=O)c1ccccc1[N+](=O)[O-])Nc1ccc(C#N)c(Cl)c1.CN(C[C@H](CC(=O)OC(C)(C)C)Nc1ccc(C#N)c(Cl)c1)S(=O)(=O)c1ccccc1[N+](=O)[O-].CN1C[C@@H](Nc2ccc(C#N)c(Cl)c2)CC1=O.CNC[C@H](CC(=O)OC(C)(C)C)Nc1ccc(C#N)c(Cl)c1.CNC[C@H](CC(=O)OC(C)(C)C)Nc1ccc(C#N)c(Cl)c1.CO.Cl.O=CO[O-].Sc1ccccc1.[H-].[K+].[K+]. The summed E-state index contributed by atoms with van der Waals surface area (Å²) in [6.07, 6.45) is 0.541.